The summed E-state index contributed by atoms with van der Waals surface area (Å²) in [6, 6.07) is 18.8. The van der Waals surface area contributed by atoms with Crippen molar-refractivity contribution in [2.75, 3.05) is 0 Å². The molecule has 1 saturated carbocycles. The maximum Gasteiger partial charge on any atom is 0.269 e. The molecule has 0 unspecified atom stereocenters. The van der Waals surface area contributed by atoms with Gasteiger partial charge in [-0.1, -0.05) is 49.4 Å². The van der Waals surface area contributed by atoms with Gasteiger partial charge >= 0.3 is 0 Å². The van der Waals surface area contributed by atoms with Crippen molar-refractivity contribution < 1.29 is 4.92 Å². The highest BCUT2D eigenvalue weighted by atomic mass is 16.6. The quantitative estimate of drug-likeness (QED) is 0.633. The Kier molecular flexibility index (Phi) is 2.99. The van der Waals surface area contributed by atoms with Gasteiger partial charge < -0.3 is 0 Å². The van der Waals surface area contributed by atoms with Crippen LogP contribution < -0.4 is 0 Å². The van der Waals surface area contributed by atoms with Gasteiger partial charge in [0.1, 0.15) is 0 Å². The fourth-order valence-electron chi connectivity index (χ4n) is 3.31. The van der Waals surface area contributed by atoms with E-state index in [0.29, 0.717) is 0 Å². The lowest BCUT2D eigenvalue weighted by Crippen LogP contribution is -2.08. The first-order valence-corrected chi connectivity index (χ1v) is 6.82. The summed E-state index contributed by atoms with van der Waals surface area (Å²) >= 11 is 0. The second kappa shape index (κ2) is 4.71. The third-order valence-corrected chi connectivity index (χ3v) is 4.50. The number of nitro benzene ring substituents is 1. The summed E-state index contributed by atoms with van der Waals surface area (Å²) in [5.74, 6) is 0.344. The third-order valence-electron chi connectivity index (χ3n) is 4.50. The Labute approximate surface area is 122 Å². The zero-order valence-electron chi connectivity index (χ0n) is 11.6. The van der Waals surface area contributed by atoms with Crippen LogP contribution in [0.5, 0.6) is 0 Å². The Bertz CT molecular complexity index is 719. The summed E-state index contributed by atoms with van der Waals surface area (Å²) in [4.78, 5) is 10.3. The molecule has 0 saturated heterocycles. The molecule has 0 N–H and O–H groups in total. The number of benzene rings is 2. The monoisotopic (exact) mass is 278 g/mol. The van der Waals surface area contributed by atoms with Crippen LogP contribution in [0, 0.1) is 27.4 Å². The van der Waals surface area contributed by atoms with Crippen molar-refractivity contribution in [2.45, 2.75) is 18.3 Å². The fourth-order valence-corrected chi connectivity index (χ4v) is 3.31. The molecule has 0 amide bonds. The second-order valence-corrected chi connectivity index (χ2v) is 5.46. The average Bonchev–Trinajstić information content (AvgIpc) is 3.14. The molecule has 0 bridgehead atoms. The van der Waals surface area contributed by atoms with Crippen LogP contribution in [-0.4, -0.2) is 4.92 Å². The lowest BCUT2D eigenvalue weighted by Gasteiger charge is -2.09. The van der Waals surface area contributed by atoms with E-state index in [9.17, 15) is 15.4 Å². The Morgan fingerprint density at radius 2 is 1.76 bits per heavy atom. The largest absolute Gasteiger partial charge is 0.269 e. The van der Waals surface area contributed by atoms with E-state index >= 15 is 0 Å². The van der Waals surface area contributed by atoms with Gasteiger partial charge in [-0.3, -0.25) is 10.1 Å². The lowest BCUT2D eigenvalue weighted by molar-refractivity contribution is -0.384. The van der Waals surface area contributed by atoms with Crippen LogP contribution in [0.15, 0.2) is 54.6 Å². The van der Waals surface area contributed by atoms with Crippen molar-refractivity contribution in [3.8, 4) is 6.07 Å². The highest BCUT2D eigenvalue weighted by Gasteiger charge is 2.64. The normalized spacial score (nSPS) is 26.9. The van der Waals surface area contributed by atoms with Gasteiger partial charge in [-0.25, -0.2) is 0 Å². The molecule has 0 aliphatic heterocycles. The minimum Gasteiger partial charge on any atom is -0.258 e. The number of non-ortho nitro benzene ring substituents is 1. The van der Waals surface area contributed by atoms with E-state index in [4.69, 9.17) is 0 Å². The molecular formula is C17H14N2O2. The topological polar surface area (TPSA) is 66.9 Å². The maximum absolute atomic E-state index is 10.7. The predicted octanol–water partition coefficient (Wildman–Crippen LogP) is 3.79. The Balaban J connectivity index is 1.99. The standard InChI is InChI=1S/C17H14N2O2/c1-12-16(13-5-3-2-4-6-13)17(12,11-18)14-7-9-15(10-8-14)19(20)21/h2-10,12,16H,1H3/t12-,16+,17+/m0/s1. The average molecular weight is 278 g/mol. The highest BCUT2D eigenvalue weighted by Crippen LogP contribution is 2.65. The zero-order chi connectivity index (χ0) is 15.0. The molecule has 0 radical (unpaired) electrons. The molecule has 21 heavy (non-hydrogen) atoms. The van der Waals surface area contributed by atoms with Crippen LogP contribution in [0.25, 0.3) is 0 Å². The molecule has 0 aromatic heterocycles. The SMILES string of the molecule is C[C@H]1[C@H](c2ccccc2)[C@@]1(C#N)c1ccc([N+](=O)[O-])cc1. The van der Waals surface area contributed by atoms with Gasteiger partial charge in [0.2, 0.25) is 0 Å². The molecule has 1 aliphatic carbocycles. The van der Waals surface area contributed by atoms with Gasteiger partial charge in [0.15, 0.2) is 0 Å². The maximum atomic E-state index is 10.7. The van der Waals surface area contributed by atoms with Crippen LogP contribution in [0.1, 0.15) is 24.0 Å². The summed E-state index contributed by atoms with van der Waals surface area (Å²) in [6.45, 7) is 2.06. The molecule has 4 heteroatoms. The van der Waals surface area contributed by atoms with Crippen LogP contribution in [-0.2, 0) is 5.41 Å². The number of hydrogen-bond donors (Lipinski definition) is 0. The van der Waals surface area contributed by atoms with Gasteiger partial charge in [0.25, 0.3) is 5.69 Å². The summed E-state index contributed by atoms with van der Waals surface area (Å²) in [5, 5.41) is 20.4. The molecule has 0 spiro atoms. The Hall–Kier alpha value is -2.67. The van der Waals surface area contributed by atoms with Crippen LogP contribution in [0.3, 0.4) is 0 Å². The van der Waals surface area contributed by atoms with E-state index in [1.165, 1.54) is 12.1 Å². The minimum atomic E-state index is -0.573. The lowest BCUT2D eigenvalue weighted by atomic mass is 9.91. The Morgan fingerprint density at radius 3 is 2.29 bits per heavy atom. The number of rotatable bonds is 3. The number of nitrogens with zero attached hydrogens (tertiary/aromatic N) is 2. The fraction of sp³-hybridized carbons (Fsp3) is 0.235. The van der Waals surface area contributed by atoms with Crippen molar-refractivity contribution in [3.05, 3.63) is 75.8 Å². The van der Waals surface area contributed by atoms with Gasteiger partial charge in [-0.05, 0) is 17.0 Å². The molecule has 0 heterocycles. The van der Waals surface area contributed by atoms with E-state index in [-0.39, 0.29) is 17.5 Å². The summed E-state index contributed by atoms with van der Waals surface area (Å²) in [5.41, 5.74) is 1.48. The van der Waals surface area contributed by atoms with Gasteiger partial charge in [-0.15, -0.1) is 0 Å². The van der Waals surface area contributed by atoms with Gasteiger partial charge in [0.05, 0.1) is 16.4 Å². The number of nitriles is 1. The molecule has 2 aromatic rings. The molecular weight excluding hydrogens is 264 g/mol. The number of hydrogen-bond acceptors (Lipinski definition) is 3. The van der Waals surface area contributed by atoms with Gasteiger partial charge in [0, 0.05) is 18.1 Å². The van der Waals surface area contributed by atoms with E-state index in [0.717, 1.165) is 11.1 Å². The van der Waals surface area contributed by atoms with E-state index in [1.54, 1.807) is 12.1 Å². The van der Waals surface area contributed by atoms with Crippen LogP contribution in [0.2, 0.25) is 0 Å². The smallest absolute Gasteiger partial charge is 0.258 e. The van der Waals surface area contributed by atoms with Gasteiger partial charge in [-0.2, -0.15) is 5.26 Å². The molecule has 4 nitrogen and oxygen atoms in total. The summed E-state index contributed by atoms with van der Waals surface area (Å²) in [6.07, 6.45) is 0. The van der Waals surface area contributed by atoms with Crippen molar-refractivity contribution in [1.82, 2.24) is 0 Å². The Morgan fingerprint density at radius 1 is 1.14 bits per heavy atom. The van der Waals surface area contributed by atoms with Crippen molar-refractivity contribution >= 4 is 5.69 Å². The van der Waals surface area contributed by atoms with Crippen molar-refractivity contribution in [3.63, 3.8) is 0 Å². The zero-order valence-corrected chi connectivity index (χ0v) is 11.6. The van der Waals surface area contributed by atoms with E-state index < -0.39 is 10.3 Å². The van der Waals surface area contributed by atoms with Crippen LogP contribution >= 0.6 is 0 Å². The van der Waals surface area contributed by atoms with E-state index in [1.807, 2.05) is 30.3 Å². The third kappa shape index (κ3) is 1.90. The first-order valence-electron chi connectivity index (χ1n) is 6.82. The summed E-state index contributed by atoms with van der Waals surface area (Å²) in [7, 11) is 0. The molecule has 2 aromatic carbocycles. The second-order valence-electron chi connectivity index (χ2n) is 5.46. The molecule has 1 aliphatic rings. The first-order chi connectivity index (χ1) is 10.1. The van der Waals surface area contributed by atoms with E-state index in [2.05, 4.69) is 13.0 Å². The first kappa shape index (κ1) is 13.3. The molecule has 1 fully saturated rings. The predicted molar refractivity (Wildman–Crippen MR) is 78.7 cm³/mol. The van der Waals surface area contributed by atoms with Crippen LogP contribution in [0.4, 0.5) is 5.69 Å². The molecule has 3 rings (SSSR count). The van der Waals surface area contributed by atoms with Crippen molar-refractivity contribution in [1.29, 1.82) is 5.26 Å². The number of nitro groups is 1. The summed E-state index contributed by atoms with van der Waals surface area (Å²) < 4.78 is 0. The molecule has 104 valence electrons. The highest BCUT2D eigenvalue weighted by molar-refractivity contribution is 5.53. The minimum absolute atomic E-state index is 0.0522. The molecule has 3 atom stereocenters. The van der Waals surface area contributed by atoms with Crippen molar-refractivity contribution in [2.24, 2.45) is 5.92 Å².